The molecule has 0 bridgehead atoms. The first-order valence-corrected chi connectivity index (χ1v) is 12.3. The number of hydrogen-bond donors (Lipinski definition) is 0. The van der Waals surface area contributed by atoms with Gasteiger partial charge in [-0.2, -0.15) is 5.26 Å². The maximum atomic E-state index is 13.0. The van der Waals surface area contributed by atoms with Gasteiger partial charge in [-0.1, -0.05) is 54.1 Å². The van der Waals surface area contributed by atoms with E-state index in [2.05, 4.69) is 76.9 Å². The number of carbonyl (C=O) groups is 1. The third-order valence-corrected chi connectivity index (χ3v) is 6.66. The number of hydrogen-bond acceptors (Lipinski definition) is 4. The fourth-order valence-corrected chi connectivity index (χ4v) is 4.55. The Labute approximate surface area is 214 Å². The highest BCUT2D eigenvalue weighted by Gasteiger charge is 2.23. The monoisotopic (exact) mass is 563 g/mol. The number of benzene rings is 3. The van der Waals surface area contributed by atoms with E-state index in [9.17, 15) is 10.1 Å². The summed E-state index contributed by atoms with van der Waals surface area (Å²) < 4.78 is 6.90. The van der Waals surface area contributed by atoms with Gasteiger partial charge >= 0.3 is 0 Å². The summed E-state index contributed by atoms with van der Waals surface area (Å²) in [6.07, 6.45) is 1.66. The molecule has 1 fully saturated rings. The van der Waals surface area contributed by atoms with Crippen LogP contribution in [0.4, 0.5) is 5.69 Å². The van der Waals surface area contributed by atoms with Gasteiger partial charge in [-0.25, -0.2) is 0 Å². The van der Waals surface area contributed by atoms with Crippen LogP contribution in [-0.4, -0.2) is 37.0 Å². The summed E-state index contributed by atoms with van der Waals surface area (Å²) in [7, 11) is 0. The molecule has 172 valence electrons. The number of ether oxygens (including phenoxy) is 1. The van der Waals surface area contributed by atoms with Gasteiger partial charge in [0.05, 0.1) is 3.57 Å². The van der Waals surface area contributed by atoms with Crippen LogP contribution in [0.3, 0.4) is 0 Å². The molecule has 0 N–H and O–H groups in total. The maximum absolute atomic E-state index is 13.0. The van der Waals surface area contributed by atoms with E-state index in [1.165, 1.54) is 5.56 Å². The lowest BCUT2D eigenvalue weighted by Gasteiger charge is -2.36. The van der Waals surface area contributed by atoms with E-state index >= 15 is 0 Å². The zero-order chi connectivity index (χ0) is 23.9. The molecular formula is C28H26IN3O2. The molecule has 1 aliphatic heterocycles. The van der Waals surface area contributed by atoms with Gasteiger partial charge in [-0.05, 0) is 71.0 Å². The van der Waals surface area contributed by atoms with Crippen LogP contribution in [0.5, 0.6) is 5.75 Å². The molecule has 0 atom stereocenters. The van der Waals surface area contributed by atoms with Gasteiger partial charge in [0.15, 0.2) is 0 Å². The van der Waals surface area contributed by atoms with Crippen LogP contribution in [-0.2, 0) is 11.4 Å². The Hall–Kier alpha value is -3.31. The minimum atomic E-state index is -0.218. The minimum absolute atomic E-state index is 0.150. The first kappa shape index (κ1) is 23.8. The van der Waals surface area contributed by atoms with Gasteiger partial charge in [-0.15, -0.1) is 0 Å². The van der Waals surface area contributed by atoms with Crippen molar-refractivity contribution in [1.29, 1.82) is 5.26 Å². The average Bonchev–Trinajstić information content (AvgIpc) is 2.88. The van der Waals surface area contributed by atoms with Crippen molar-refractivity contribution in [3.63, 3.8) is 0 Å². The summed E-state index contributed by atoms with van der Waals surface area (Å²) in [6, 6.07) is 26.2. The molecule has 4 rings (SSSR count). The van der Waals surface area contributed by atoms with Gasteiger partial charge < -0.3 is 14.5 Å². The quantitative estimate of drug-likeness (QED) is 0.228. The second kappa shape index (κ2) is 11.2. The third kappa shape index (κ3) is 5.97. The number of aryl methyl sites for hydroxylation is 1. The van der Waals surface area contributed by atoms with Crippen molar-refractivity contribution < 1.29 is 9.53 Å². The maximum Gasteiger partial charge on any atom is 0.264 e. The smallest absolute Gasteiger partial charge is 0.264 e. The normalized spacial score (nSPS) is 14.0. The number of amides is 1. The van der Waals surface area contributed by atoms with Gasteiger partial charge in [0, 0.05) is 31.9 Å². The molecule has 0 aliphatic carbocycles. The Bertz CT molecular complexity index is 1210. The summed E-state index contributed by atoms with van der Waals surface area (Å²) in [4.78, 5) is 17.0. The number of anilines is 1. The number of nitrogens with zero attached hydrogens (tertiary/aromatic N) is 3. The van der Waals surface area contributed by atoms with Crippen LogP contribution in [0.15, 0.2) is 78.4 Å². The Kier molecular flexibility index (Phi) is 7.86. The fourth-order valence-electron chi connectivity index (χ4n) is 3.85. The van der Waals surface area contributed by atoms with E-state index in [1.54, 1.807) is 11.0 Å². The first-order chi connectivity index (χ1) is 16.5. The molecule has 0 aromatic heterocycles. The van der Waals surface area contributed by atoms with Crippen LogP contribution >= 0.6 is 22.6 Å². The van der Waals surface area contributed by atoms with Crippen molar-refractivity contribution in [2.75, 3.05) is 31.1 Å². The molecule has 34 heavy (non-hydrogen) atoms. The van der Waals surface area contributed by atoms with Gasteiger partial charge in [0.1, 0.15) is 24.0 Å². The summed E-state index contributed by atoms with van der Waals surface area (Å²) in [5.74, 6) is 0.560. The second-order valence-electron chi connectivity index (χ2n) is 8.25. The van der Waals surface area contributed by atoms with Crippen molar-refractivity contribution >= 4 is 40.3 Å². The molecule has 3 aromatic rings. The average molecular weight is 563 g/mol. The highest BCUT2D eigenvalue weighted by molar-refractivity contribution is 14.1. The second-order valence-corrected chi connectivity index (χ2v) is 9.41. The fraction of sp³-hybridized carbons (Fsp3) is 0.214. The summed E-state index contributed by atoms with van der Waals surface area (Å²) >= 11 is 2.22. The van der Waals surface area contributed by atoms with Crippen LogP contribution < -0.4 is 9.64 Å². The van der Waals surface area contributed by atoms with E-state index < -0.39 is 0 Å². The summed E-state index contributed by atoms with van der Waals surface area (Å²) in [5.41, 5.74) is 4.44. The van der Waals surface area contributed by atoms with Crippen LogP contribution in [0.2, 0.25) is 0 Å². The van der Waals surface area contributed by atoms with Crippen molar-refractivity contribution in [2.45, 2.75) is 13.5 Å². The lowest BCUT2D eigenvalue weighted by Crippen LogP contribution is -2.49. The van der Waals surface area contributed by atoms with E-state index in [4.69, 9.17) is 4.74 Å². The van der Waals surface area contributed by atoms with Gasteiger partial charge in [0.25, 0.3) is 5.91 Å². The van der Waals surface area contributed by atoms with E-state index in [1.807, 2.05) is 36.4 Å². The number of halogens is 1. The molecule has 6 heteroatoms. The third-order valence-electron chi connectivity index (χ3n) is 5.82. The van der Waals surface area contributed by atoms with Crippen LogP contribution in [0.25, 0.3) is 6.08 Å². The Morgan fingerprint density at radius 2 is 1.74 bits per heavy atom. The number of piperazine rings is 1. The molecule has 0 saturated carbocycles. The Balaban J connectivity index is 1.38. The molecule has 5 nitrogen and oxygen atoms in total. The molecule has 0 spiro atoms. The number of nitriles is 1. The highest BCUT2D eigenvalue weighted by Crippen LogP contribution is 2.25. The summed E-state index contributed by atoms with van der Waals surface area (Å²) in [5, 5.41) is 9.67. The summed E-state index contributed by atoms with van der Waals surface area (Å²) in [6.45, 7) is 5.23. The molecule has 1 heterocycles. The number of carbonyl (C=O) groups excluding carboxylic acids is 1. The largest absolute Gasteiger partial charge is 0.488 e. The minimum Gasteiger partial charge on any atom is -0.488 e. The van der Waals surface area contributed by atoms with E-state index in [-0.39, 0.29) is 11.5 Å². The standard InChI is InChI=1S/C28H26IN3O2/c1-21-7-9-22(10-8-21)20-34-27-12-11-23(18-26(27)29)17-24(19-30)28(33)32-15-13-31(14-16-32)25-5-3-2-4-6-25/h2-12,17-18H,13-16,20H2,1H3/b24-17-. The SMILES string of the molecule is Cc1ccc(COc2ccc(/C=C(/C#N)C(=O)N3CCN(c4ccccc4)CC3)cc2I)cc1. The zero-order valence-electron chi connectivity index (χ0n) is 19.1. The molecule has 0 unspecified atom stereocenters. The Morgan fingerprint density at radius 3 is 2.38 bits per heavy atom. The van der Waals surface area contributed by atoms with Crippen molar-refractivity contribution in [1.82, 2.24) is 4.90 Å². The van der Waals surface area contributed by atoms with Crippen molar-refractivity contribution in [3.8, 4) is 11.8 Å². The van der Waals surface area contributed by atoms with Gasteiger partial charge in [-0.3, -0.25) is 4.79 Å². The highest BCUT2D eigenvalue weighted by atomic mass is 127. The molecule has 1 saturated heterocycles. The predicted molar refractivity (Wildman–Crippen MR) is 143 cm³/mol. The first-order valence-electron chi connectivity index (χ1n) is 11.2. The Morgan fingerprint density at radius 1 is 1.03 bits per heavy atom. The van der Waals surface area contributed by atoms with Crippen molar-refractivity contribution in [2.24, 2.45) is 0 Å². The lowest BCUT2D eigenvalue weighted by molar-refractivity contribution is -0.126. The van der Waals surface area contributed by atoms with Crippen LogP contribution in [0, 0.1) is 21.8 Å². The molecule has 1 amide bonds. The molecular weight excluding hydrogens is 537 g/mol. The number of rotatable bonds is 6. The topological polar surface area (TPSA) is 56.6 Å². The lowest BCUT2D eigenvalue weighted by atomic mass is 10.1. The molecule has 0 radical (unpaired) electrons. The zero-order valence-corrected chi connectivity index (χ0v) is 21.2. The number of para-hydroxylation sites is 1. The van der Waals surface area contributed by atoms with Gasteiger partial charge in [0.2, 0.25) is 0 Å². The molecule has 1 aliphatic rings. The van der Waals surface area contributed by atoms with E-state index in [0.29, 0.717) is 19.7 Å². The van der Waals surface area contributed by atoms with Crippen molar-refractivity contribution in [3.05, 3.63) is 98.6 Å². The predicted octanol–water partition coefficient (Wildman–Crippen LogP) is 5.43. The van der Waals surface area contributed by atoms with Crippen LogP contribution in [0.1, 0.15) is 16.7 Å². The van der Waals surface area contributed by atoms with E-state index in [0.717, 1.165) is 39.2 Å². The molecule has 3 aromatic carbocycles.